The standard InChI is InChI=1S/C10H16ClN3O4S/c1-10(2,3)5-4-6-13-7-8(19(11,17)18)9(12-13)14(15)16/h7H,4-6H2,1-3H3. The molecule has 0 saturated heterocycles. The van der Waals surface area contributed by atoms with Gasteiger partial charge >= 0.3 is 5.82 Å². The number of rotatable bonds is 5. The van der Waals surface area contributed by atoms with E-state index in [2.05, 4.69) is 25.9 Å². The molecule has 0 bridgehead atoms. The summed E-state index contributed by atoms with van der Waals surface area (Å²) in [5.41, 5.74) is 0.139. The molecule has 108 valence electrons. The summed E-state index contributed by atoms with van der Waals surface area (Å²) in [6, 6.07) is 0. The van der Waals surface area contributed by atoms with Gasteiger partial charge in [-0.25, -0.2) is 8.42 Å². The molecular weight excluding hydrogens is 294 g/mol. The van der Waals surface area contributed by atoms with Gasteiger partial charge in [-0.2, -0.15) is 4.68 Å². The van der Waals surface area contributed by atoms with Crippen LogP contribution in [0.3, 0.4) is 0 Å². The number of hydrogen-bond acceptors (Lipinski definition) is 5. The van der Waals surface area contributed by atoms with Crippen LogP contribution in [0.4, 0.5) is 5.82 Å². The Morgan fingerprint density at radius 2 is 2.05 bits per heavy atom. The van der Waals surface area contributed by atoms with Crippen LogP contribution in [0.5, 0.6) is 0 Å². The lowest BCUT2D eigenvalue weighted by molar-refractivity contribution is -0.392. The van der Waals surface area contributed by atoms with E-state index < -0.39 is 24.7 Å². The van der Waals surface area contributed by atoms with E-state index in [0.29, 0.717) is 6.54 Å². The Balaban J connectivity index is 2.91. The van der Waals surface area contributed by atoms with Gasteiger partial charge in [0.1, 0.15) is 0 Å². The maximum atomic E-state index is 11.2. The molecule has 0 saturated carbocycles. The lowest BCUT2D eigenvalue weighted by Crippen LogP contribution is -2.07. The van der Waals surface area contributed by atoms with E-state index in [9.17, 15) is 18.5 Å². The Labute approximate surface area is 116 Å². The molecule has 19 heavy (non-hydrogen) atoms. The number of halogens is 1. The van der Waals surface area contributed by atoms with Crippen LogP contribution in [-0.2, 0) is 15.6 Å². The fourth-order valence-corrected chi connectivity index (χ4v) is 2.48. The zero-order valence-electron chi connectivity index (χ0n) is 11.0. The second-order valence-electron chi connectivity index (χ2n) is 5.44. The third-order valence-corrected chi connectivity index (χ3v) is 3.77. The van der Waals surface area contributed by atoms with E-state index in [1.807, 2.05) is 0 Å². The van der Waals surface area contributed by atoms with Gasteiger partial charge in [-0.1, -0.05) is 20.8 Å². The van der Waals surface area contributed by atoms with Gasteiger partial charge in [0.25, 0.3) is 9.05 Å². The van der Waals surface area contributed by atoms with E-state index in [1.165, 1.54) is 4.68 Å². The number of nitro groups is 1. The van der Waals surface area contributed by atoms with E-state index in [-0.39, 0.29) is 5.41 Å². The SMILES string of the molecule is CC(C)(C)CCCn1cc(S(=O)(=O)Cl)c([N+](=O)[O-])n1. The van der Waals surface area contributed by atoms with Crippen molar-refractivity contribution in [2.24, 2.45) is 5.41 Å². The van der Waals surface area contributed by atoms with Crippen LogP contribution in [0.1, 0.15) is 33.6 Å². The highest BCUT2D eigenvalue weighted by Gasteiger charge is 2.29. The van der Waals surface area contributed by atoms with Crippen molar-refractivity contribution in [1.82, 2.24) is 9.78 Å². The van der Waals surface area contributed by atoms with Gasteiger partial charge in [-0.3, -0.25) is 0 Å². The van der Waals surface area contributed by atoms with E-state index in [0.717, 1.165) is 19.0 Å². The van der Waals surface area contributed by atoms with Crippen LogP contribution >= 0.6 is 10.7 Å². The number of aryl methyl sites for hydroxylation is 1. The van der Waals surface area contributed by atoms with Crippen LogP contribution in [-0.4, -0.2) is 23.1 Å². The minimum absolute atomic E-state index is 0.139. The normalized spacial score (nSPS) is 12.6. The summed E-state index contributed by atoms with van der Waals surface area (Å²) < 4.78 is 23.7. The molecule has 0 amide bonds. The third kappa shape index (κ3) is 4.79. The summed E-state index contributed by atoms with van der Waals surface area (Å²) in [7, 11) is 0.978. The summed E-state index contributed by atoms with van der Waals surface area (Å²) in [5.74, 6) is -0.731. The van der Waals surface area contributed by atoms with Gasteiger partial charge in [0.2, 0.25) is 4.90 Å². The Kier molecular flexibility index (Phi) is 4.57. The predicted molar refractivity (Wildman–Crippen MR) is 70.6 cm³/mol. The fraction of sp³-hybridized carbons (Fsp3) is 0.700. The molecule has 0 unspecified atom stereocenters. The molecule has 0 atom stereocenters. The van der Waals surface area contributed by atoms with Crippen molar-refractivity contribution in [1.29, 1.82) is 0 Å². The highest BCUT2D eigenvalue weighted by Crippen LogP contribution is 2.26. The third-order valence-electron chi connectivity index (χ3n) is 2.46. The molecular formula is C10H16ClN3O4S. The second-order valence-corrected chi connectivity index (χ2v) is 7.97. The minimum Gasteiger partial charge on any atom is -0.358 e. The van der Waals surface area contributed by atoms with Crippen LogP contribution < -0.4 is 0 Å². The van der Waals surface area contributed by atoms with Gasteiger partial charge in [0.15, 0.2) is 0 Å². The van der Waals surface area contributed by atoms with Gasteiger partial charge in [0, 0.05) is 10.7 Å². The number of nitrogens with zero attached hydrogens (tertiary/aromatic N) is 3. The number of aromatic nitrogens is 2. The maximum Gasteiger partial charge on any atom is 0.410 e. The Bertz CT molecular complexity index is 574. The molecule has 1 aromatic rings. The topological polar surface area (TPSA) is 95.1 Å². The monoisotopic (exact) mass is 309 g/mol. The largest absolute Gasteiger partial charge is 0.410 e. The highest BCUT2D eigenvalue weighted by atomic mass is 35.7. The molecule has 0 aromatic carbocycles. The Morgan fingerprint density at radius 1 is 1.47 bits per heavy atom. The van der Waals surface area contributed by atoms with Crippen molar-refractivity contribution >= 4 is 25.6 Å². The first-order valence-corrected chi connectivity index (χ1v) is 7.98. The highest BCUT2D eigenvalue weighted by molar-refractivity contribution is 8.13. The minimum atomic E-state index is -4.16. The second kappa shape index (κ2) is 5.46. The molecule has 1 rings (SSSR count). The van der Waals surface area contributed by atoms with Gasteiger partial charge in [-0.15, -0.1) is 0 Å². The molecule has 1 aromatic heterocycles. The summed E-state index contributed by atoms with van der Waals surface area (Å²) in [5, 5.41) is 14.4. The first kappa shape index (κ1) is 15.9. The Morgan fingerprint density at radius 3 is 2.42 bits per heavy atom. The van der Waals surface area contributed by atoms with E-state index in [1.54, 1.807) is 0 Å². The predicted octanol–water partition coefficient (Wildman–Crippen LogP) is 2.55. The first-order chi connectivity index (χ1) is 8.50. The molecule has 0 aliphatic heterocycles. The van der Waals surface area contributed by atoms with E-state index in [4.69, 9.17) is 10.7 Å². The zero-order valence-corrected chi connectivity index (χ0v) is 12.5. The average Bonchev–Trinajstić information content (AvgIpc) is 2.59. The van der Waals surface area contributed by atoms with Crippen LogP contribution in [0.15, 0.2) is 11.1 Å². The van der Waals surface area contributed by atoms with Crippen molar-refractivity contribution in [2.45, 2.75) is 45.1 Å². The van der Waals surface area contributed by atoms with Crippen molar-refractivity contribution in [3.63, 3.8) is 0 Å². The smallest absolute Gasteiger partial charge is 0.358 e. The summed E-state index contributed by atoms with van der Waals surface area (Å²) in [6.45, 7) is 6.64. The molecule has 0 spiro atoms. The quantitative estimate of drug-likeness (QED) is 0.473. The maximum absolute atomic E-state index is 11.2. The van der Waals surface area contributed by atoms with E-state index >= 15 is 0 Å². The van der Waals surface area contributed by atoms with Crippen LogP contribution in [0.2, 0.25) is 0 Å². The molecule has 7 nitrogen and oxygen atoms in total. The van der Waals surface area contributed by atoms with Crippen LogP contribution in [0.25, 0.3) is 0 Å². The zero-order chi connectivity index (χ0) is 14.8. The molecule has 0 N–H and O–H groups in total. The van der Waals surface area contributed by atoms with Crippen molar-refractivity contribution in [3.8, 4) is 0 Å². The lowest BCUT2D eigenvalue weighted by atomic mass is 9.91. The fourth-order valence-electron chi connectivity index (χ4n) is 1.58. The van der Waals surface area contributed by atoms with Crippen molar-refractivity contribution in [2.75, 3.05) is 0 Å². The molecule has 0 radical (unpaired) electrons. The summed E-state index contributed by atoms with van der Waals surface area (Å²) in [6.07, 6.45) is 2.73. The Hall–Kier alpha value is -1.15. The molecule has 0 fully saturated rings. The average molecular weight is 310 g/mol. The summed E-state index contributed by atoms with van der Waals surface area (Å²) >= 11 is 0. The van der Waals surface area contributed by atoms with Crippen molar-refractivity contribution in [3.05, 3.63) is 16.3 Å². The van der Waals surface area contributed by atoms with Crippen LogP contribution in [0, 0.1) is 15.5 Å². The molecule has 0 aliphatic rings. The van der Waals surface area contributed by atoms with Gasteiger partial charge in [0.05, 0.1) is 17.8 Å². The van der Waals surface area contributed by atoms with Gasteiger partial charge < -0.3 is 10.1 Å². The van der Waals surface area contributed by atoms with Gasteiger partial charge in [-0.05, 0) is 23.2 Å². The lowest BCUT2D eigenvalue weighted by Gasteiger charge is -2.16. The molecule has 1 heterocycles. The summed E-state index contributed by atoms with van der Waals surface area (Å²) in [4.78, 5) is 9.31. The first-order valence-electron chi connectivity index (χ1n) is 5.67. The number of hydrogen-bond donors (Lipinski definition) is 0. The van der Waals surface area contributed by atoms with Crippen molar-refractivity contribution < 1.29 is 13.3 Å². The molecule has 9 heteroatoms. The molecule has 0 aliphatic carbocycles.